The lowest BCUT2D eigenvalue weighted by molar-refractivity contribution is -0.175. The molecule has 6 heteroatoms. The van der Waals surface area contributed by atoms with Gasteiger partial charge in [0.25, 0.3) is 0 Å². The van der Waals surface area contributed by atoms with Gasteiger partial charge in [-0.25, -0.2) is 4.68 Å². The fraction of sp³-hybridized carbons (Fsp3) is 0.810. The van der Waals surface area contributed by atoms with Crippen molar-refractivity contribution in [2.24, 2.45) is 5.92 Å². The van der Waals surface area contributed by atoms with Crippen LogP contribution in [0.3, 0.4) is 0 Å². The number of hydrogen-bond acceptors (Lipinski definition) is 5. The molecular weight excluding hydrogens is 342 g/mol. The van der Waals surface area contributed by atoms with Gasteiger partial charge in [-0.2, -0.15) is 0 Å². The van der Waals surface area contributed by atoms with E-state index in [-0.39, 0.29) is 6.10 Å². The number of aliphatic hydroxyl groups excluding tert-OH is 1. The summed E-state index contributed by atoms with van der Waals surface area (Å²) in [6.07, 6.45) is 13.7. The van der Waals surface area contributed by atoms with Crippen LogP contribution in [0.25, 0.3) is 0 Å². The Hall–Kier alpha value is -1.24. The minimum atomic E-state index is -0.652. The highest BCUT2D eigenvalue weighted by atomic mass is 16.7. The average Bonchev–Trinajstić information content (AvgIpc) is 3.08. The molecule has 1 aliphatic heterocycles. The fourth-order valence-electron chi connectivity index (χ4n) is 3.11. The Morgan fingerprint density at radius 1 is 1.19 bits per heavy atom. The van der Waals surface area contributed by atoms with Crippen molar-refractivity contribution in [2.75, 3.05) is 6.61 Å². The maximum Gasteiger partial charge on any atom is 0.177 e. The molecule has 154 valence electrons. The largest absolute Gasteiger partial charge is 0.386 e. The van der Waals surface area contributed by atoms with Gasteiger partial charge < -0.3 is 14.6 Å². The molecule has 0 radical (unpaired) electrons. The Bertz CT molecular complexity index is 545. The van der Waals surface area contributed by atoms with E-state index >= 15 is 0 Å². The Kier molecular flexibility index (Phi) is 10.0. The van der Waals surface area contributed by atoms with Crippen LogP contribution in [-0.2, 0) is 22.4 Å². The van der Waals surface area contributed by atoms with Crippen LogP contribution in [0, 0.1) is 5.92 Å². The van der Waals surface area contributed by atoms with Crippen LogP contribution in [-0.4, -0.2) is 45.2 Å². The second-order valence-corrected chi connectivity index (χ2v) is 7.92. The van der Waals surface area contributed by atoms with Crippen molar-refractivity contribution in [3.05, 3.63) is 24.0 Å². The van der Waals surface area contributed by atoms with Crippen LogP contribution < -0.4 is 0 Å². The van der Waals surface area contributed by atoms with Gasteiger partial charge in [-0.1, -0.05) is 64.2 Å². The number of aliphatic hydroxyl groups is 1. The van der Waals surface area contributed by atoms with E-state index in [9.17, 15) is 5.11 Å². The van der Waals surface area contributed by atoms with Gasteiger partial charge in [0, 0.05) is 6.20 Å². The lowest BCUT2D eigenvalue weighted by Crippen LogP contribution is -2.39. The van der Waals surface area contributed by atoms with E-state index < -0.39 is 12.4 Å². The summed E-state index contributed by atoms with van der Waals surface area (Å²) < 4.78 is 13.4. The summed E-state index contributed by atoms with van der Waals surface area (Å²) in [5.41, 5.74) is 1.01. The maximum absolute atomic E-state index is 10.2. The van der Waals surface area contributed by atoms with Crippen LogP contribution in [0.5, 0.6) is 0 Å². The maximum atomic E-state index is 10.2. The lowest BCUT2D eigenvalue weighted by atomic mass is 10.1. The Morgan fingerprint density at radius 3 is 2.74 bits per heavy atom. The zero-order valence-corrected chi connectivity index (χ0v) is 17.2. The topological polar surface area (TPSA) is 69.4 Å². The molecule has 2 heterocycles. The third-order valence-corrected chi connectivity index (χ3v) is 4.87. The van der Waals surface area contributed by atoms with Crippen molar-refractivity contribution in [3.8, 4) is 0 Å². The van der Waals surface area contributed by atoms with Gasteiger partial charge in [0.2, 0.25) is 0 Å². The summed E-state index contributed by atoms with van der Waals surface area (Å²) in [4.78, 5) is 0. The highest BCUT2D eigenvalue weighted by Gasteiger charge is 2.27. The first kappa shape index (κ1) is 22.1. The molecule has 2 rings (SSSR count). The van der Waals surface area contributed by atoms with Crippen molar-refractivity contribution < 1.29 is 14.6 Å². The molecule has 0 aromatic carbocycles. The molecule has 0 spiro atoms. The molecular formula is C21H37N3O3. The van der Waals surface area contributed by atoms with Crippen molar-refractivity contribution in [1.29, 1.82) is 0 Å². The van der Waals surface area contributed by atoms with Crippen molar-refractivity contribution in [2.45, 2.75) is 97.2 Å². The molecule has 1 aromatic rings. The van der Waals surface area contributed by atoms with Gasteiger partial charge in [0.15, 0.2) is 6.29 Å². The molecule has 0 unspecified atom stereocenters. The summed E-state index contributed by atoms with van der Waals surface area (Å²) in [6.45, 7) is 7.70. The Labute approximate surface area is 163 Å². The molecule has 27 heavy (non-hydrogen) atoms. The quantitative estimate of drug-likeness (QED) is 0.416. The second kappa shape index (κ2) is 12.3. The lowest BCUT2D eigenvalue weighted by Gasteiger charge is -2.29. The summed E-state index contributed by atoms with van der Waals surface area (Å²) in [7, 11) is 0. The first-order chi connectivity index (χ1) is 13.1. The van der Waals surface area contributed by atoms with Gasteiger partial charge in [0.1, 0.15) is 12.2 Å². The van der Waals surface area contributed by atoms with Crippen LogP contribution in [0.15, 0.2) is 18.3 Å². The minimum Gasteiger partial charge on any atom is -0.386 e. The van der Waals surface area contributed by atoms with Gasteiger partial charge >= 0.3 is 0 Å². The first-order valence-electron chi connectivity index (χ1n) is 10.6. The molecule has 0 saturated heterocycles. The van der Waals surface area contributed by atoms with E-state index in [1.807, 2.05) is 6.20 Å². The van der Waals surface area contributed by atoms with Crippen molar-refractivity contribution in [1.82, 2.24) is 15.0 Å². The summed E-state index contributed by atoms with van der Waals surface area (Å²) in [5, 5.41) is 18.6. The number of ether oxygens (including phenoxy) is 2. The third kappa shape index (κ3) is 8.54. The Balaban J connectivity index is 1.72. The second-order valence-electron chi connectivity index (χ2n) is 7.92. The first-order valence-corrected chi connectivity index (χ1v) is 10.6. The molecule has 0 bridgehead atoms. The third-order valence-electron chi connectivity index (χ3n) is 4.87. The molecule has 6 nitrogen and oxygen atoms in total. The monoisotopic (exact) mass is 379 g/mol. The molecule has 1 aromatic heterocycles. The summed E-state index contributed by atoms with van der Waals surface area (Å²) in [5.74, 6) is 0.596. The standard InChI is InChI=1S/C21H37N3O3/c1-4-5-6-7-8-9-10-18-15-24(23-22-18)16-20-19(25)11-12-21(27-20)26-14-13-17(2)3/h11-12,15,17,19-21,25H,4-10,13-14,16H2,1-3H3/t19-,20+,21-/m0/s1. The SMILES string of the molecule is CCCCCCCCc1cn(C[C@H]2O[C@H](OCCC(C)C)C=C[C@@H]2O)nn1. The molecule has 1 aliphatic rings. The summed E-state index contributed by atoms with van der Waals surface area (Å²) >= 11 is 0. The summed E-state index contributed by atoms with van der Waals surface area (Å²) in [6, 6.07) is 0. The fourth-order valence-corrected chi connectivity index (χ4v) is 3.11. The predicted octanol–water partition coefficient (Wildman–Crippen LogP) is 3.89. The zero-order valence-electron chi connectivity index (χ0n) is 17.2. The smallest absolute Gasteiger partial charge is 0.177 e. The van der Waals surface area contributed by atoms with E-state index in [0.29, 0.717) is 19.1 Å². The molecule has 0 saturated carbocycles. The number of rotatable bonds is 13. The van der Waals surface area contributed by atoms with E-state index in [1.165, 1.54) is 32.1 Å². The highest BCUT2D eigenvalue weighted by molar-refractivity contribution is 5.00. The molecule has 0 aliphatic carbocycles. The van der Waals surface area contributed by atoms with Crippen LogP contribution in [0.4, 0.5) is 0 Å². The van der Waals surface area contributed by atoms with Gasteiger partial charge in [-0.05, 0) is 31.3 Å². The highest BCUT2D eigenvalue weighted by Crippen LogP contribution is 2.17. The van der Waals surface area contributed by atoms with E-state index in [4.69, 9.17) is 9.47 Å². The van der Waals surface area contributed by atoms with E-state index in [2.05, 4.69) is 31.1 Å². The number of unbranched alkanes of at least 4 members (excludes halogenated alkanes) is 5. The number of aromatic nitrogens is 3. The van der Waals surface area contributed by atoms with Crippen molar-refractivity contribution >= 4 is 0 Å². The Morgan fingerprint density at radius 2 is 1.96 bits per heavy atom. The molecule has 1 N–H and O–H groups in total. The normalized spacial score (nSPS) is 22.6. The van der Waals surface area contributed by atoms with Gasteiger partial charge in [0.05, 0.1) is 18.8 Å². The number of aryl methyl sites for hydroxylation is 1. The minimum absolute atomic E-state index is 0.373. The van der Waals surface area contributed by atoms with Crippen molar-refractivity contribution in [3.63, 3.8) is 0 Å². The zero-order chi connectivity index (χ0) is 19.5. The number of hydrogen-bond donors (Lipinski definition) is 1. The predicted molar refractivity (Wildman–Crippen MR) is 106 cm³/mol. The molecule has 3 atom stereocenters. The van der Waals surface area contributed by atoms with Crippen LogP contribution >= 0.6 is 0 Å². The number of nitrogens with zero attached hydrogens (tertiary/aromatic N) is 3. The molecule has 0 fully saturated rings. The van der Waals surface area contributed by atoms with E-state index in [1.54, 1.807) is 16.8 Å². The van der Waals surface area contributed by atoms with Gasteiger partial charge in [-0.3, -0.25) is 0 Å². The van der Waals surface area contributed by atoms with E-state index in [0.717, 1.165) is 25.0 Å². The molecule has 0 amide bonds. The van der Waals surface area contributed by atoms with Gasteiger partial charge in [-0.15, -0.1) is 5.10 Å². The van der Waals surface area contributed by atoms with Crippen LogP contribution in [0.2, 0.25) is 0 Å². The van der Waals surface area contributed by atoms with Crippen LogP contribution in [0.1, 0.15) is 71.4 Å². The average molecular weight is 380 g/mol.